The van der Waals surface area contributed by atoms with E-state index in [9.17, 15) is 14.7 Å². The number of carbonyl (C=O) groups is 2. The summed E-state index contributed by atoms with van der Waals surface area (Å²) in [7, 11) is 0. The molecule has 0 saturated heterocycles. The second-order valence-corrected chi connectivity index (χ2v) is 5.72. The van der Waals surface area contributed by atoms with Gasteiger partial charge < -0.3 is 10.4 Å². The summed E-state index contributed by atoms with van der Waals surface area (Å²) in [5.41, 5.74) is 0. The second-order valence-electron chi connectivity index (χ2n) is 5.72. The minimum absolute atomic E-state index is 0.0804. The van der Waals surface area contributed by atoms with Gasteiger partial charge in [-0.05, 0) is 38.0 Å². The van der Waals surface area contributed by atoms with Gasteiger partial charge in [-0.1, -0.05) is 25.0 Å². The van der Waals surface area contributed by atoms with Crippen LogP contribution in [-0.2, 0) is 9.59 Å². The molecule has 3 unspecified atom stereocenters. The lowest BCUT2D eigenvalue weighted by Crippen LogP contribution is -2.39. The quantitative estimate of drug-likeness (QED) is 0.767. The number of carbonyl (C=O) groups excluding carboxylic acids is 1. The molecule has 106 valence electrons. The molecule has 4 nitrogen and oxygen atoms in total. The number of hydrogen-bond acceptors (Lipinski definition) is 2. The van der Waals surface area contributed by atoms with Crippen molar-refractivity contribution in [3.63, 3.8) is 0 Å². The summed E-state index contributed by atoms with van der Waals surface area (Å²) in [6, 6.07) is 0. The molecule has 1 amide bonds. The van der Waals surface area contributed by atoms with Gasteiger partial charge in [-0.15, -0.1) is 0 Å². The number of allylic oxidation sites excluding steroid dienone is 2. The summed E-state index contributed by atoms with van der Waals surface area (Å²) in [6.45, 7) is 0.524. The second kappa shape index (κ2) is 6.73. The fraction of sp³-hybridized carbons (Fsp3) is 0.733. The summed E-state index contributed by atoms with van der Waals surface area (Å²) in [4.78, 5) is 23.2. The Morgan fingerprint density at radius 3 is 2.63 bits per heavy atom. The van der Waals surface area contributed by atoms with Crippen LogP contribution in [0.2, 0.25) is 0 Å². The Bertz CT molecular complexity index is 364. The minimum Gasteiger partial charge on any atom is -0.481 e. The van der Waals surface area contributed by atoms with E-state index in [1.165, 1.54) is 0 Å². The maximum Gasteiger partial charge on any atom is 0.306 e. The first-order chi connectivity index (χ1) is 9.18. The lowest BCUT2D eigenvalue weighted by atomic mass is 9.79. The summed E-state index contributed by atoms with van der Waals surface area (Å²) < 4.78 is 0. The van der Waals surface area contributed by atoms with Crippen molar-refractivity contribution in [3.8, 4) is 0 Å². The molecule has 0 bridgehead atoms. The van der Waals surface area contributed by atoms with Gasteiger partial charge in [-0.3, -0.25) is 9.59 Å². The predicted octanol–water partition coefficient (Wildman–Crippen LogP) is 2.35. The number of rotatable bonds is 4. The van der Waals surface area contributed by atoms with Crippen LogP contribution in [-0.4, -0.2) is 23.5 Å². The van der Waals surface area contributed by atoms with Crippen LogP contribution in [0.3, 0.4) is 0 Å². The first kappa shape index (κ1) is 14.1. The Kier molecular flexibility index (Phi) is 5.00. The van der Waals surface area contributed by atoms with Crippen molar-refractivity contribution in [2.24, 2.45) is 17.8 Å². The molecule has 0 aliphatic heterocycles. The molecule has 2 N–H and O–H groups in total. The molecule has 19 heavy (non-hydrogen) atoms. The van der Waals surface area contributed by atoms with Crippen LogP contribution >= 0.6 is 0 Å². The van der Waals surface area contributed by atoms with Crippen LogP contribution in [0.4, 0.5) is 0 Å². The van der Waals surface area contributed by atoms with Gasteiger partial charge in [0.15, 0.2) is 0 Å². The van der Waals surface area contributed by atoms with Crippen molar-refractivity contribution < 1.29 is 14.7 Å². The van der Waals surface area contributed by atoms with Gasteiger partial charge in [0.1, 0.15) is 0 Å². The first-order valence-corrected chi connectivity index (χ1v) is 7.34. The van der Waals surface area contributed by atoms with Gasteiger partial charge in [0, 0.05) is 12.5 Å². The average Bonchev–Trinajstić information content (AvgIpc) is 2.46. The van der Waals surface area contributed by atoms with E-state index in [1.807, 2.05) is 0 Å². The normalized spacial score (nSPS) is 30.8. The van der Waals surface area contributed by atoms with Crippen LogP contribution in [0.1, 0.15) is 44.9 Å². The van der Waals surface area contributed by atoms with Crippen molar-refractivity contribution in [1.82, 2.24) is 5.32 Å². The van der Waals surface area contributed by atoms with Crippen LogP contribution in [0, 0.1) is 17.8 Å². The monoisotopic (exact) mass is 265 g/mol. The lowest BCUT2D eigenvalue weighted by molar-refractivity contribution is -0.145. The molecular formula is C15H23NO3. The van der Waals surface area contributed by atoms with E-state index in [4.69, 9.17) is 0 Å². The fourth-order valence-corrected chi connectivity index (χ4v) is 3.18. The summed E-state index contributed by atoms with van der Waals surface area (Å²) in [6.07, 6.45) is 10.6. The molecular weight excluding hydrogens is 242 g/mol. The van der Waals surface area contributed by atoms with Gasteiger partial charge in [0.2, 0.25) is 5.91 Å². The number of amides is 1. The first-order valence-electron chi connectivity index (χ1n) is 7.34. The Morgan fingerprint density at radius 2 is 1.95 bits per heavy atom. The molecule has 3 atom stereocenters. The Hall–Kier alpha value is -1.32. The highest BCUT2D eigenvalue weighted by atomic mass is 16.4. The van der Waals surface area contributed by atoms with Crippen LogP contribution in [0.15, 0.2) is 12.2 Å². The van der Waals surface area contributed by atoms with Crippen molar-refractivity contribution >= 4 is 11.9 Å². The zero-order chi connectivity index (χ0) is 13.7. The number of aliphatic carboxylic acids is 1. The van der Waals surface area contributed by atoms with Gasteiger partial charge >= 0.3 is 5.97 Å². The van der Waals surface area contributed by atoms with Gasteiger partial charge in [-0.2, -0.15) is 0 Å². The van der Waals surface area contributed by atoms with Gasteiger partial charge in [0.25, 0.3) is 0 Å². The zero-order valence-corrected chi connectivity index (χ0v) is 11.3. The van der Waals surface area contributed by atoms with E-state index in [-0.39, 0.29) is 23.7 Å². The Morgan fingerprint density at radius 1 is 1.16 bits per heavy atom. The molecule has 0 radical (unpaired) electrons. The molecule has 0 aromatic heterocycles. The molecule has 2 aliphatic rings. The summed E-state index contributed by atoms with van der Waals surface area (Å²) in [5.74, 6) is -0.704. The number of hydrogen-bond donors (Lipinski definition) is 2. The van der Waals surface area contributed by atoms with Crippen molar-refractivity contribution in [2.45, 2.75) is 44.9 Å². The van der Waals surface area contributed by atoms with E-state index >= 15 is 0 Å². The fourth-order valence-electron chi connectivity index (χ4n) is 3.18. The molecule has 0 spiro atoms. The Balaban J connectivity index is 1.81. The molecule has 1 fully saturated rings. The van der Waals surface area contributed by atoms with Crippen LogP contribution < -0.4 is 5.32 Å². The minimum atomic E-state index is -0.709. The van der Waals surface area contributed by atoms with Gasteiger partial charge in [0.05, 0.1) is 5.92 Å². The molecule has 0 aromatic rings. The molecule has 2 aliphatic carbocycles. The third-order valence-corrected chi connectivity index (χ3v) is 4.40. The third-order valence-electron chi connectivity index (χ3n) is 4.40. The summed E-state index contributed by atoms with van der Waals surface area (Å²) >= 11 is 0. The topological polar surface area (TPSA) is 66.4 Å². The lowest BCUT2D eigenvalue weighted by Gasteiger charge is -2.29. The number of carboxylic acid groups (broad SMARTS) is 1. The molecule has 0 heterocycles. The van der Waals surface area contributed by atoms with Crippen molar-refractivity contribution in [2.75, 3.05) is 6.54 Å². The highest BCUT2D eigenvalue weighted by molar-refractivity contribution is 5.79. The summed E-state index contributed by atoms with van der Waals surface area (Å²) in [5, 5.41) is 12.2. The maximum atomic E-state index is 12.0. The molecule has 2 rings (SSSR count). The van der Waals surface area contributed by atoms with Gasteiger partial charge in [-0.25, -0.2) is 0 Å². The standard InChI is InChI=1S/C15H23NO3/c17-14(11-6-2-1-3-7-11)16-10-12-8-4-5-9-13(12)15(18)19/h1-2,11-13H,3-10H2,(H,16,17)(H,18,19). The predicted molar refractivity (Wildman–Crippen MR) is 72.6 cm³/mol. The molecule has 4 heteroatoms. The van der Waals surface area contributed by atoms with Crippen molar-refractivity contribution in [3.05, 3.63) is 12.2 Å². The smallest absolute Gasteiger partial charge is 0.306 e. The maximum absolute atomic E-state index is 12.0. The van der Waals surface area contributed by atoms with E-state index in [1.54, 1.807) is 0 Å². The Labute approximate surface area is 114 Å². The third kappa shape index (κ3) is 3.82. The van der Waals surface area contributed by atoms with E-state index < -0.39 is 5.97 Å². The number of carboxylic acids is 1. The van der Waals surface area contributed by atoms with Crippen LogP contribution in [0.25, 0.3) is 0 Å². The van der Waals surface area contributed by atoms with Crippen molar-refractivity contribution in [1.29, 1.82) is 0 Å². The largest absolute Gasteiger partial charge is 0.481 e. The molecule has 0 aromatic carbocycles. The number of nitrogens with one attached hydrogen (secondary N) is 1. The van der Waals surface area contributed by atoms with Crippen LogP contribution in [0.5, 0.6) is 0 Å². The molecule has 1 saturated carbocycles. The zero-order valence-electron chi connectivity index (χ0n) is 11.3. The highest BCUT2D eigenvalue weighted by Gasteiger charge is 2.31. The van der Waals surface area contributed by atoms with E-state index in [0.29, 0.717) is 6.54 Å². The van der Waals surface area contributed by atoms with E-state index in [0.717, 1.165) is 44.9 Å². The SMILES string of the molecule is O=C(NCC1CCCCC1C(=O)O)C1CC=CCC1. The average molecular weight is 265 g/mol. The van der Waals surface area contributed by atoms with E-state index in [2.05, 4.69) is 17.5 Å². The highest BCUT2D eigenvalue weighted by Crippen LogP contribution is 2.30.